The van der Waals surface area contributed by atoms with E-state index in [1.165, 1.54) is 0 Å². The van der Waals surface area contributed by atoms with Gasteiger partial charge in [-0.25, -0.2) is 0 Å². The predicted octanol–water partition coefficient (Wildman–Crippen LogP) is 2.43. The lowest BCUT2D eigenvalue weighted by Crippen LogP contribution is -2.06. The Kier molecular flexibility index (Phi) is 6.37. The summed E-state index contributed by atoms with van der Waals surface area (Å²) in [7, 11) is 0. The van der Waals surface area contributed by atoms with Gasteiger partial charge in [0.15, 0.2) is 25.1 Å². The first-order valence-electron chi connectivity index (χ1n) is 5.38. The maximum Gasteiger partial charge on any atom is 0.189 e. The van der Waals surface area contributed by atoms with Crippen molar-refractivity contribution in [1.82, 2.24) is 0 Å². The second-order valence-corrected chi connectivity index (χ2v) is 2.96. The Morgan fingerprint density at radius 1 is 0.812 bits per heavy atom. The van der Waals surface area contributed by atoms with E-state index >= 15 is 0 Å². The molecule has 0 aliphatic rings. The summed E-state index contributed by atoms with van der Waals surface area (Å²) in [4.78, 5) is 0. The van der Waals surface area contributed by atoms with Crippen LogP contribution in [0.5, 0.6) is 11.5 Å². The second-order valence-electron chi connectivity index (χ2n) is 2.96. The molecule has 1 rings (SSSR count). The Hall–Kier alpha value is -1.26. The minimum atomic E-state index is 0.228. The molecular formula is C12H18O4. The molecule has 0 saturated heterocycles. The van der Waals surface area contributed by atoms with Gasteiger partial charge < -0.3 is 18.9 Å². The van der Waals surface area contributed by atoms with Gasteiger partial charge in [0.05, 0.1) is 0 Å². The number of ether oxygens (including phenoxy) is 4. The summed E-state index contributed by atoms with van der Waals surface area (Å²) in [6.45, 7) is 5.54. The molecule has 0 amide bonds. The third-order valence-corrected chi connectivity index (χ3v) is 1.85. The summed E-state index contributed by atoms with van der Waals surface area (Å²) in [6.07, 6.45) is 0. The molecule has 0 aromatic heterocycles. The first kappa shape index (κ1) is 12.8. The molecule has 0 saturated carbocycles. The summed E-state index contributed by atoms with van der Waals surface area (Å²) in [5.41, 5.74) is 0. The van der Waals surface area contributed by atoms with Crippen LogP contribution in [0.25, 0.3) is 0 Å². The van der Waals surface area contributed by atoms with Gasteiger partial charge in [-0.2, -0.15) is 0 Å². The average Bonchev–Trinajstić information content (AvgIpc) is 2.32. The molecule has 0 aliphatic carbocycles. The van der Waals surface area contributed by atoms with E-state index in [0.29, 0.717) is 24.7 Å². The second kappa shape index (κ2) is 7.96. The van der Waals surface area contributed by atoms with Gasteiger partial charge in [0.2, 0.25) is 0 Å². The zero-order chi connectivity index (χ0) is 11.6. The van der Waals surface area contributed by atoms with Gasteiger partial charge in [-0.05, 0) is 26.0 Å². The minimum absolute atomic E-state index is 0.228. The number of hydrogen-bond donors (Lipinski definition) is 0. The number of hydrogen-bond acceptors (Lipinski definition) is 4. The van der Waals surface area contributed by atoms with Crippen LogP contribution < -0.4 is 9.47 Å². The summed E-state index contributed by atoms with van der Waals surface area (Å²) in [5.74, 6) is 1.33. The Morgan fingerprint density at radius 3 is 1.62 bits per heavy atom. The van der Waals surface area contributed by atoms with Crippen LogP contribution in [0, 0.1) is 0 Å². The van der Waals surface area contributed by atoms with Crippen LogP contribution in [0.1, 0.15) is 13.8 Å². The molecule has 1 aromatic rings. The molecule has 0 spiro atoms. The zero-order valence-electron chi connectivity index (χ0n) is 9.77. The largest absolute Gasteiger partial charge is 0.464 e. The highest BCUT2D eigenvalue weighted by Crippen LogP contribution is 2.26. The molecule has 0 N–H and O–H groups in total. The summed E-state index contributed by atoms with van der Waals surface area (Å²) < 4.78 is 21.0. The van der Waals surface area contributed by atoms with Gasteiger partial charge in [-0.15, -0.1) is 0 Å². The van der Waals surface area contributed by atoms with Gasteiger partial charge in [0.25, 0.3) is 0 Å². The SMILES string of the molecule is CCOCOc1ccccc1OCOCC. The van der Waals surface area contributed by atoms with Crippen molar-refractivity contribution in [2.75, 3.05) is 26.8 Å². The van der Waals surface area contributed by atoms with Crippen LogP contribution in [0.3, 0.4) is 0 Å². The Morgan fingerprint density at radius 2 is 1.25 bits per heavy atom. The maximum atomic E-state index is 5.41. The van der Waals surface area contributed by atoms with E-state index in [4.69, 9.17) is 18.9 Å². The third-order valence-electron chi connectivity index (χ3n) is 1.85. The van der Waals surface area contributed by atoms with Gasteiger partial charge in [-0.3, -0.25) is 0 Å². The van der Waals surface area contributed by atoms with Crippen LogP contribution in [0.15, 0.2) is 24.3 Å². The van der Waals surface area contributed by atoms with Crippen LogP contribution in [-0.4, -0.2) is 26.8 Å². The molecule has 4 nitrogen and oxygen atoms in total. The molecule has 0 atom stereocenters. The topological polar surface area (TPSA) is 36.9 Å². The quantitative estimate of drug-likeness (QED) is 0.504. The van der Waals surface area contributed by atoms with Gasteiger partial charge >= 0.3 is 0 Å². The Labute approximate surface area is 96.1 Å². The van der Waals surface area contributed by atoms with Crippen LogP contribution in [0.2, 0.25) is 0 Å². The normalized spacial score (nSPS) is 10.1. The summed E-state index contributed by atoms with van der Waals surface area (Å²) >= 11 is 0. The van der Waals surface area contributed by atoms with Crippen molar-refractivity contribution < 1.29 is 18.9 Å². The summed E-state index contributed by atoms with van der Waals surface area (Å²) in [6, 6.07) is 7.43. The first-order chi connectivity index (χ1) is 7.88. The molecule has 90 valence electrons. The van der Waals surface area contributed by atoms with Crippen molar-refractivity contribution >= 4 is 0 Å². The van der Waals surface area contributed by atoms with Gasteiger partial charge in [-0.1, -0.05) is 12.1 Å². The Bertz CT molecular complexity index is 259. The zero-order valence-corrected chi connectivity index (χ0v) is 9.77. The molecule has 4 heteroatoms. The van der Waals surface area contributed by atoms with Crippen molar-refractivity contribution in [3.8, 4) is 11.5 Å². The van der Waals surface area contributed by atoms with E-state index in [0.717, 1.165) is 0 Å². The van der Waals surface area contributed by atoms with E-state index in [9.17, 15) is 0 Å². The fraction of sp³-hybridized carbons (Fsp3) is 0.500. The molecule has 0 radical (unpaired) electrons. The first-order valence-corrected chi connectivity index (χ1v) is 5.38. The van der Waals surface area contributed by atoms with Crippen molar-refractivity contribution in [3.05, 3.63) is 24.3 Å². The predicted molar refractivity (Wildman–Crippen MR) is 60.7 cm³/mol. The van der Waals surface area contributed by atoms with Crippen molar-refractivity contribution in [2.45, 2.75) is 13.8 Å². The molecule has 0 fully saturated rings. The smallest absolute Gasteiger partial charge is 0.189 e. The highest BCUT2D eigenvalue weighted by molar-refractivity contribution is 5.39. The lowest BCUT2D eigenvalue weighted by atomic mass is 10.3. The number of rotatable bonds is 8. The van der Waals surface area contributed by atoms with E-state index in [-0.39, 0.29) is 13.6 Å². The Balaban J connectivity index is 2.46. The minimum Gasteiger partial charge on any atom is -0.464 e. The highest BCUT2D eigenvalue weighted by Gasteiger charge is 2.03. The number of para-hydroxylation sites is 2. The molecule has 1 aromatic carbocycles. The monoisotopic (exact) mass is 226 g/mol. The molecule has 0 bridgehead atoms. The standard InChI is InChI=1S/C12H18O4/c1-3-13-9-15-11-7-5-6-8-12(11)16-10-14-4-2/h5-8H,3-4,9-10H2,1-2H3. The molecular weight excluding hydrogens is 208 g/mol. The molecule has 0 unspecified atom stereocenters. The fourth-order valence-electron chi connectivity index (χ4n) is 1.07. The van der Waals surface area contributed by atoms with E-state index in [1.54, 1.807) is 0 Å². The lowest BCUT2D eigenvalue weighted by Gasteiger charge is -2.11. The lowest BCUT2D eigenvalue weighted by molar-refractivity contribution is 0.00606. The maximum absolute atomic E-state index is 5.41. The van der Waals surface area contributed by atoms with E-state index in [2.05, 4.69) is 0 Å². The van der Waals surface area contributed by atoms with E-state index in [1.807, 2.05) is 38.1 Å². The van der Waals surface area contributed by atoms with Crippen molar-refractivity contribution in [3.63, 3.8) is 0 Å². The molecule has 0 heterocycles. The van der Waals surface area contributed by atoms with Crippen LogP contribution in [0.4, 0.5) is 0 Å². The summed E-state index contributed by atoms with van der Waals surface area (Å²) in [5, 5.41) is 0. The van der Waals surface area contributed by atoms with Crippen LogP contribution >= 0.6 is 0 Å². The average molecular weight is 226 g/mol. The number of benzene rings is 1. The van der Waals surface area contributed by atoms with Crippen LogP contribution in [-0.2, 0) is 9.47 Å². The van der Waals surface area contributed by atoms with Crippen molar-refractivity contribution in [2.24, 2.45) is 0 Å². The molecule has 16 heavy (non-hydrogen) atoms. The third kappa shape index (κ3) is 4.51. The highest BCUT2D eigenvalue weighted by atomic mass is 16.7. The molecule has 0 aliphatic heterocycles. The van der Waals surface area contributed by atoms with Gasteiger partial charge in [0, 0.05) is 13.2 Å². The fourth-order valence-corrected chi connectivity index (χ4v) is 1.07. The van der Waals surface area contributed by atoms with E-state index < -0.39 is 0 Å². The van der Waals surface area contributed by atoms with Crippen molar-refractivity contribution in [1.29, 1.82) is 0 Å². The van der Waals surface area contributed by atoms with Gasteiger partial charge in [0.1, 0.15) is 0 Å².